The highest BCUT2D eigenvalue weighted by Crippen LogP contribution is 2.19. The third kappa shape index (κ3) is 3.23. The lowest BCUT2D eigenvalue weighted by Gasteiger charge is -2.20. The molecule has 0 radical (unpaired) electrons. The molecule has 1 amide bonds. The fourth-order valence-electron chi connectivity index (χ4n) is 2.77. The average molecular weight is 317 g/mol. The van der Waals surface area contributed by atoms with Crippen molar-refractivity contribution in [3.05, 3.63) is 48.0 Å². The lowest BCUT2D eigenvalue weighted by atomic mass is 10.2. The van der Waals surface area contributed by atoms with E-state index < -0.39 is 12.0 Å². The molecule has 6 nitrogen and oxygen atoms in total. The molecule has 1 atom stereocenters. The number of aromatic nitrogens is 2. The van der Waals surface area contributed by atoms with E-state index in [4.69, 9.17) is 5.11 Å². The number of halogens is 1. The molecule has 1 aromatic carbocycles. The van der Waals surface area contributed by atoms with Gasteiger partial charge in [0.1, 0.15) is 11.9 Å². The molecular weight excluding hydrogens is 301 g/mol. The van der Waals surface area contributed by atoms with E-state index in [1.165, 1.54) is 17.0 Å². The van der Waals surface area contributed by atoms with E-state index in [9.17, 15) is 14.0 Å². The van der Waals surface area contributed by atoms with Crippen molar-refractivity contribution < 1.29 is 19.1 Å². The second-order valence-electron chi connectivity index (χ2n) is 5.49. The summed E-state index contributed by atoms with van der Waals surface area (Å²) in [4.78, 5) is 24.8. The Bertz CT molecular complexity index is 726. The number of hydrogen-bond acceptors (Lipinski definition) is 3. The maximum absolute atomic E-state index is 12.9. The van der Waals surface area contributed by atoms with Crippen LogP contribution >= 0.6 is 0 Å². The number of amides is 1. The number of carboxylic acids is 1. The predicted molar refractivity (Wildman–Crippen MR) is 79.6 cm³/mol. The van der Waals surface area contributed by atoms with Gasteiger partial charge in [0.05, 0.1) is 17.8 Å². The van der Waals surface area contributed by atoms with Gasteiger partial charge in [-0.1, -0.05) is 0 Å². The van der Waals surface area contributed by atoms with Gasteiger partial charge in [0.15, 0.2) is 0 Å². The van der Waals surface area contributed by atoms with Crippen molar-refractivity contribution in [2.45, 2.75) is 25.3 Å². The van der Waals surface area contributed by atoms with E-state index in [1.54, 1.807) is 29.1 Å². The number of carbonyl (C=O) groups is 2. The summed E-state index contributed by atoms with van der Waals surface area (Å²) in [6.07, 6.45) is 2.93. The van der Waals surface area contributed by atoms with Gasteiger partial charge in [-0.3, -0.25) is 4.79 Å². The van der Waals surface area contributed by atoms with Crippen molar-refractivity contribution in [1.29, 1.82) is 0 Å². The topological polar surface area (TPSA) is 75.4 Å². The molecule has 1 aromatic heterocycles. The minimum atomic E-state index is -0.965. The van der Waals surface area contributed by atoms with Gasteiger partial charge in [-0.25, -0.2) is 13.9 Å². The molecule has 7 heteroatoms. The Kier molecular flexibility index (Phi) is 4.10. The van der Waals surface area contributed by atoms with Crippen molar-refractivity contribution in [2.75, 3.05) is 6.54 Å². The number of carbonyl (C=O) groups excluding carboxylic acids is 1. The van der Waals surface area contributed by atoms with Crippen LogP contribution < -0.4 is 0 Å². The average Bonchev–Trinajstić information content (AvgIpc) is 3.16. The van der Waals surface area contributed by atoms with Crippen LogP contribution in [0.5, 0.6) is 0 Å². The fraction of sp³-hybridized carbons (Fsp3) is 0.312. The molecule has 1 unspecified atom stereocenters. The van der Waals surface area contributed by atoms with E-state index >= 15 is 0 Å². The van der Waals surface area contributed by atoms with Crippen LogP contribution in [0.25, 0.3) is 5.69 Å². The number of aliphatic carboxylic acids is 1. The van der Waals surface area contributed by atoms with Crippen molar-refractivity contribution in [3.63, 3.8) is 0 Å². The molecule has 1 aliphatic heterocycles. The Balaban J connectivity index is 1.70. The van der Waals surface area contributed by atoms with Crippen molar-refractivity contribution in [1.82, 2.24) is 14.7 Å². The van der Waals surface area contributed by atoms with Crippen LogP contribution in [0.3, 0.4) is 0 Å². The largest absolute Gasteiger partial charge is 0.480 e. The van der Waals surface area contributed by atoms with Crippen LogP contribution in [0.1, 0.15) is 18.5 Å². The van der Waals surface area contributed by atoms with Crippen molar-refractivity contribution in [3.8, 4) is 5.69 Å². The Hall–Kier alpha value is -2.70. The van der Waals surface area contributed by atoms with Crippen LogP contribution in [0, 0.1) is 5.82 Å². The predicted octanol–water partition coefficient (Wildman–Crippen LogP) is 1.63. The molecule has 1 saturated heterocycles. The second kappa shape index (κ2) is 6.20. The number of benzene rings is 1. The summed E-state index contributed by atoms with van der Waals surface area (Å²) in [5.74, 6) is -1.53. The summed E-state index contributed by atoms with van der Waals surface area (Å²) in [6, 6.07) is 6.82. The van der Waals surface area contributed by atoms with E-state index in [0.29, 0.717) is 30.8 Å². The number of hydrogen-bond donors (Lipinski definition) is 1. The molecule has 1 aliphatic rings. The number of rotatable bonds is 4. The molecule has 0 spiro atoms. The zero-order chi connectivity index (χ0) is 16.4. The Morgan fingerprint density at radius 3 is 2.70 bits per heavy atom. The number of likely N-dealkylation sites (tertiary alicyclic amines) is 1. The minimum absolute atomic E-state index is 0.0535. The SMILES string of the molecule is O=C(O)C1CCCN1C(=O)Cc1ccn(-c2ccc(F)cc2)n1. The molecule has 23 heavy (non-hydrogen) atoms. The zero-order valence-corrected chi connectivity index (χ0v) is 12.4. The monoisotopic (exact) mass is 317 g/mol. The van der Waals surface area contributed by atoms with Gasteiger partial charge in [0, 0.05) is 12.7 Å². The summed E-state index contributed by atoms with van der Waals surface area (Å²) < 4.78 is 14.5. The third-order valence-corrected chi connectivity index (χ3v) is 3.93. The smallest absolute Gasteiger partial charge is 0.326 e. The van der Waals surface area contributed by atoms with E-state index in [-0.39, 0.29) is 18.1 Å². The van der Waals surface area contributed by atoms with Crippen LogP contribution in [0.15, 0.2) is 36.5 Å². The lowest BCUT2D eigenvalue weighted by molar-refractivity contribution is -0.148. The van der Waals surface area contributed by atoms with Gasteiger partial charge < -0.3 is 10.0 Å². The van der Waals surface area contributed by atoms with Crippen LogP contribution in [0.2, 0.25) is 0 Å². The minimum Gasteiger partial charge on any atom is -0.480 e. The lowest BCUT2D eigenvalue weighted by Crippen LogP contribution is -2.41. The van der Waals surface area contributed by atoms with E-state index in [1.807, 2.05) is 0 Å². The first-order valence-corrected chi connectivity index (χ1v) is 7.37. The molecule has 0 saturated carbocycles. The van der Waals surface area contributed by atoms with Crippen LogP contribution in [-0.2, 0) is 16.0 Å². The summed E-state index contributed by atoms with van der Waals surface area (Å²) in [5, 5.41) is 13.4. The second-order valence-corrected chi connectivity index (χ2v) is 5.49. The highest BCUT2D eigenvalue weighted by Gasteiger charge is 2.33. The zero-order valence-electron chi connectivity index (χ0n) is 12.4. The summed E-state index contributed by atoms with van der Waals surface area (Å²) in [7, 11) is 0. The van der Waals surface area contributed by atoms with Gasteiger partial charge in [0.25, 0.3) is 0 Å². The van der Waals surface area contributed by atoms with Gasteiger partial charge >= 0.3 is 5.97 Å². The summed E-state index contributed by atoms with van der Waals surface area (Å²) >= 11 is 0. The Morgan fingerprint density at radius 2 is 2.00 bits per heavy atom. The maximum atomic E-state index is 12.9. The molecule has 1 N–H and O–H groups in total. The van der Waals surface area contributed by atoms with Crippen molar-refractivity contribution in [2.24, 2.45) is 0 Å². The molecule has 2 heterocycles. The fourth-order valence-corrected chi connectivity index (χ4v) is 2.77. The molecular formula is C16H16FN3O3. The van der Waals surface area contributed by atoms with E-state index in [2.05, 4.69) is 5.10 Å². The highest BCUT2D eigenvalue weighted by molar-refractivity contribution is 5.85. The molecule has 0 aliphatic carbocycles. The van der Waals surface area contributed by atoms with E-state index in [0.717, 1.165) is 0 Å². The Labute approximate surface area is 132 Å². The molecule has 2 aromatic rings. The van der Waals surface area contributed by atoms with Crippen LogP contribution in [-0.4, -0.2) is 44.3 Å². The quantitative estimate of drug-likeness (QED) is 0.930. The molecule has 3 rings (SSSR count). The first-order valence-electron chi connectivity index (χ1n) is 7.37. The van der Waals surface area contributed by atoms with Gasteiger partial charge in [0.2, 0.25) is 5.91 Å². The van der Waals surface area contributed by atoms with Gasteiger partial charge in [-0.05, 0) is 43.2 Å². The van der Waals surface area contributed by atoms with Crippen molar-refractivity contribution >= 4 is 11.9 Å². The normalized spacial score (nSPS) is 17.4. The summed E-state index contributed by atoms with van der Waals surface area (Å²) in [6.45, 7) is 0.467. The maximum Gasteiger partial charge on any atom is 0.326 e. The third-order valence-electron chi connectivity index (χ3n) is 3.93. The Morgan fingerprint density at radius 1 is 1.26 bits per heavy atom. The highest BCUT2D eigenvalue weighted by atomic mass is 19.1. The summed E-state index contributed by atoms with van der Waals surface area (Å²) in [5.41, 5.74) is 1.24. The molecule has 1 fully saturated rings. The number of carboxylic acid groups (broad SMARTS) is 1. The number of nitrogens with zero attached hydrogens (tertiary/aromatic N) is 3. The first kappa shape index (κ1) is 15.2. The first-order chi connectivity index (χ1) is 11.0. The van der Waals surface area contributed by atoms with Crippen LogP contribution in [0.4, 0.5) is 4.39 Å². The van der Waals surface area contributed by atoms with Gasteiger partial charge in [-0.15, -0.1) is 0 Å². The standard InChI is InChI=1S/C16H16FN3O3/c17-11-3-5-13(6-4-11)20-9-7-12(18-20)10-15(21)19-8-1-2-14(19)16(22)23/h3-7,9,14H,1-2,8,10H2,(H,22,23). The van der Waals surface area contributed by atoms with Gasteiger partial charge in [-0.2, -0.15) is 5.10 Å². The molecule has 120 valence electrons. The molecule has 0 bridgehead atoms.